The molecule has 0 bridgehead atoms. The summed E-state index contributed by atoms with van der Waals surface area (Å²) in [5, 5.41) is 30.0. The highest BCUT2D eigenvalue weighted by Crippen LogP contribution is 2.39. The maximum Gasteiger partial charge on any atom is 0.278 e. The van der Waals surface area contributed by atoms with Crippen molar-refractivity contribution in [3.05, 3.63) is 83.4 Å². The second-order valence-electron chi connectivity index (χ2n) is 9.30. The predicted molar refractivity (Wildman–Crippen MR) is 142 cm³/mol. The monoisotopic (exact) mass is 493 g/mol. The molecule has 2 aromatic heterocycles. The molecule has 1 fully saturated rings. The standard InChI is InChI=1S/C28H23N5O4/c34-13-23-22(35)12-24(37-23)33-26-25(27(36)30-14-29-26)32-28(33)31-21-11-20-16-6-2-1-5-15(16)9-10-18(20)17-7-3-4-8-19(17)21/h1-11,14,22-24,34-35H,12-13H2,(H,31,32)(H,29,30,36). The van der Waals surface area contributed by atoms with Crippen molar-refractivity contribution in [3.8, 4) is 0 Å². The number of aliphatic hydroxyl groups is 2. The lowest BCUT2D eigenvalue weighted by atomic mass is 9.96. The molecule has 9 nitrogen and oxygen atoms in total. The highest BCUT2D eigenvalue weighted by atomic mass is 16.5. The number of rotatable bonds is 4. The maximum atomic E-state index is 12.6. The highest BCUT2D eigenvalue weighted by Gasteiger charge is 2.37. The molecule has 184 valence electrons. The number of benzene rings is 4. The van der Waals surface area contributed by atoms with Gasteiger partial charge in [0.25, 0.3) is 5.56 Å². The number of aliphatic hydroxyl groups excluding tert-OH is 2. The van der Waals surface area contributed by atoms with Crippen LogP contribution in [0.25, 0.3) is 43.5 Å². The summed E-state index contributed by atoms with van der Waals surface area (Å²) in [6.07, 6.45) is -0.705. The Hall–Kier alpha value is -4.31. The molecule has 1 saturated heterocycles. The van der Waals surface area contributed by atoms with E-state index in [2.05, 4.69) is 56.7 Å². The minimum atomic E-state index is -0.852. The van der Waals surface area contributed by atoms with Gasteiger partial charge in [-0.15, -0.1) is 0 Å². The zero-order chi connectivity index (χ0) is 25.1. The minimum absolute atomic E-state index is 0.158. The van der Waals surface area contributed by atoms with E-state index < -0.39 is 18.4 Å². The molecule has 0 radical (unpaired) electrons. The molecule has 7 rings (SSSR count). The van der Waals surface area contributed by atoms with Crippen molar-refractivity contribution in [3.63, 3.8) is 0 Å². The molecule has 6 aromatic rings. The van der Waals surface area contributed by atoms with Gasteiger partial charge in [-0.1, -0.05) is 60.7 Å². The number of aromatic amines is 1. The Kier molecular flexibility index (Phi) is 4.97. The third-order valence-electron chi connectivity index (χ3n) is 7.17. The van der Waals surface area contributed by atoms with E-state index in [0.29, 0.717) is 11.6 Å². The summed E-state index contributed by atoms with van der Waals surface area (Å²) in [7, 11) is 0. The van der Waals surface area contributed by atoms with E-state index in [9.17, 15) is 15.0 Å². The van der Waals surface area contributed by atoms with Gasteiger partial charge in [0, 0.05) is 17.5 Å². The van der Waals surface area contributed by atoms with Crippen LogP contribution < -0.4 is 10.9 Å². The van der Waals surface area contributed by atoms with E-state index in [-0.39, 0.29) is 24.1 Å². The van der Waals surface area contributed by atoms with Gasteiger partial charge in [0.2, 0.25) is 5.95 Å². The molecule has 0 saturated carbocycles. The molecule has 3 unspecified atom stereocenters. The summed E-state index contributed by atoms with van der Waals surface area (Å²) in [5.74, 6) is 0.361. The van der Waals surface area contributed by atoms with Crippen LogP contribution in [0, 0.1) is 0 Å². The number of fused-ring (bicyclic) bond motifs is 6. The van der Waals surface area contributed by atoms with Crippen molar-refractivity contribution in [2.75, 3.05) is 11.9 Å². The lowest BCUT2D eigenvalue weighted by Crippen LogP contribution is -2.24. The van der Waals surface area contributed by atoms with Crippen molar-refractivity contribution in [1.29, 1.82) is 0 Å². The van der Waals surface area contributed by atoms with Crippen LogP contribution in [0.3, 0.4) is 0 Å². The number of hydrogen-bond donors (Lipinski definition) is 4. The summed E-state index contributed by atoms with van der Waals surface area (Å²) < 4.78 is 7.63. The molecule has 0 aliphatic carbocycles. The second-order valence-corrected chi connectivity index (χ2v) is 9.30. The largest absolute Gasteiger partial charge is 0.394 e. The van der Waals surface area contributed by atoms with E-state index in [0.717, 1.165) is 38.0 Å². The summed E-state index contributed by atoms with van der Waals surface area (Å²) in [4.78, 5) is 24.1. The fourth-order valence-corrected chi connectivity index (χ4v) is 5.40. The zero-order valence-corrected chi connectivity index (χ0v) is 19.6. The number of imidazole rings is 1. The number of ether oxygens (including phenoxy) is 1. The van der Waals surface area contributed by atoms with E-state index in [4.69, 9.17) is 4.74 Å². The van der Waals surface area contributed by atoms with Gasteiger partial charge in [-0.2, -0.15) is 0 Å². The van der Waals surface area contributed by atoms with Gasteiger partial charge in [0.15, 0.2) is 11.2 Å². The third-order valence-corrected chi connectivity index (χ3v) is 7.17. The number of aromatic nitrogens is 4. The molecule has 4 aromatic carbocycles. The van der Waals surface area contributed by atoms with E-state index >= 15 is 0 Å². The van der Waals surface area contributed by atoms with Crippen LogP contribution >= 0.6 is 0 Å². The molecule has 3 heterocycles. The predicted octanol–water partition coefficient (Wildman–Crippen LogP) is 3.96. The smallest absolute Gasteiger partial charge is 0.278 e. The van der Waals surface area contributed by atoms with Crippen LogP contribution in [0.1, 0.15) is 12.6 Å². The molecule has 1 aliphatic heterocycles. The number of nitrogens with zero attached hydrogens (tertiary/aromatic N) is 3. The van der Waals surface area contributed by atoms with Crippen molar-refractivity contribution in [2.24, 2.45) is 0 Å². The molecule has 9 heteroatoms. The Morgan fingerprint density at radius 1 is 1.00 bits per heavy atom. The lowest BCUT2D eigenvalue weighted by Gasteiger charge is -2.18. The highest BCUT2D eigenvalue weighted by molar-refractivity contribution is 6.20. The Balaban J connectivity index is 1.46. The maximum absolute atomic E-state index is 12.6. The Labute approximate surface area is 210 Å². The van der Waals surface area contributed by atoms with Gasteiger partial charge in [0.1, 0.15) is 12.3 Å². The first-order chi connectivity index (χ1) is 18.1. The molecular formula is C28H23N5O4. The fourth-order valence-electron chi connectivity index (χ4n) is 5.40. The quantitative estimate of drug-likeness (QED) is 0.274. The summed E-state index contributed by atoms with van der Waals surface area (Å²) in [6.45, 7) is -0.316. The molecule has 0 spiro atoms. The van der Waals surface area contributed by atoms with Gasteiger partial charge >= 0.3 is 0 Å². The van der Waals surface area contributed by atoms with Crippen LogP contribution in [-0.4, -0.2) is 48.5 Å². The molecule has 3 atom stereocenters. The average Bonchev–Trinajstić information content (AvgIpc) is 3.48. The normalized spacial score (nSPS) is 19.9. The van der Waals surface area contributed by atoms with Crippen molar-refractivity contribution in [2.45, 2.75) is 24.9 Å². The average molecular weight is 494 g/mol. The van der Waals surface area contributed by atoms with E-state index in [1.807, 2.05) is 30.3 Å². The topological polar surface area (TPSA) is 125 Å². The van der Waals surface area contributed by atoms with Crippen LogP contribution in [-0.2, 0) is 4.74 Å². The number of hydrogen-bond acceptors (Lipinski definition) is 7. The van der Waals surface area contributed by atoms with Gasteiger partial charge in [-0.05, 0) is 33.0 Å². The van der Waals surface area contributed by atoms with Crippen LogP contribution in [0.5, 0.6) is 0 Å². The second kappa shape index (κ2) is 8.38. The van der Waals surface area contributed by atoms with E-state index in [1.165, 1.54) is 6.33 Å². The molecule has 37 heavy (non-hydrogen) atoms. The lowest BCUT2D eigenvalue weighted by molar-refractivity contribution is -0.0425. The summed E-state index contributed by atoms with van der Waals surface area (Å²) >= 11 is 0. The molecule has 4 N–H and O–H groups in total. The van der Waals surface area contributed by atoms with Crippen molar-refractivity contribution in [1.82, 2.24) is 19.5 Å². The fraction of sp³-hybridized carbons (Fsp3) is 0.179. The molecule has 1 aliphatic rings. The number of H-pyrrole nitrogens is 1. The summed E-state index contributed by atoms with van der Waals surface area (Å²) in [6, 6.07) is 22.8. The van der Waals surface area contributed by atoms with Crippen LogP contribution in [0.15, 0.2) is 77.9 Å². The first-order valence-corrected chi connectivity index (χ1v) is 12.1. The Morgan fingerprint density at radius 2 is 1.76 bits per heavy atom. The van der Waals surface area contributed by atoms with Gasteiger partial charge in [0.05, 0.1) is 19.0 Å². The van der Waals surface area contributed by atoms with Crippen molar-refractivity contribution < 1.29 is 14.9 Å². The Bertz CT molecular complexity index is 1880. The molecule has 0 amide bonds. The number of anilines is 2. The SMILES string of the molecule is O=c1[nH]cnc2c1nc(Nc1cc3c4ccccc4ccc3c3ccccc13)n2C1CC(O)C(CO)O1. The van der Waals surface area contributed by atoms with Gasteiger partial charge < -0.3 is 25.3 Å². The van der Waals surface area contributed by atoms with E-state index in [1.54, 1.807) is 4.57 Å². The first-order valence-electron chi connectivity index (χ1n) is 12.1. The van der Waals surface area contributed by atoms with Gasteiger partial charge in [-0.25, -0.2) is 9.97 Å². The minimum Gasteiger partial charge on any atom is -0.394 e. The summed E-state index contributed by atoms with van der Waals surface area (Å²) in [5.41, 5.74) is 0.923. The van der Waals surface area contributed by atoms with Gasteiger partial charge in [-0.3, -0.25) is 9.36 Å². The molecular weight excluding hydrogens is 470 g/mol. The Morgan fingerprint density at radius 3 is 2.57 bits per heavy atom. The first kappa shape index (κ1) is 21.9. The number of nitrogens with one attached hydrogen (secondary N) is 2. The van der Waals surface area contributed by atoms with Crippen LogP contribution in [0.2, 0.25) is 0 Å². The third kappa shape index (κ3) is 3.40. The van der Waals surface area contributed by atoms with Crippen LogP contribution in [0.4, 0.5) is 11.6 Å². The van der Waals surface area contributed by atoms with Crippen molar-refractivity contribution >= 4 is 55.1 Å². The zero-order valence-electron chi connectivity index (χ0n) is 19.6.